The zero-order valence-corrected chi connectivity index (χ0v) is 14.5. The number of nitrogens with one attached hydrogen (secondary N) is 1. The lowest BCUT2D eigenvalue weighted by Crippen LogP contribution is -2.08. The van der Waals surface area contributed by atoms with E-state index in [4.69, 9.17) is 5.41 Å². The van der Waals surface area contributed by atoms with Gasteiger partial charge in [-0.1, -0.05) is 12.1 Å². The Kier molecular flexibility index (Phi) is 6.04. The highest BCUT2D eigenvalue weighted by atomic mass is 79.9. The fraction of sp³-hybridized carbons (Fsp3) is 0.429. The fourth-order valence-electron chi connectivity index (χ4n) is 1.94. The average Bonchev–Trinajstić information content (AvgIpc) is 2.34. The van der Waals surface area contributed by atoms with E-state index in [1.807, 2.05) is 6.92 Å². The Morgan fingerprint density at radius 2 is 1.90 bits per heavy atom. The largest absolute Gasteiger partial charge is 0.313 e. The Balaban J connectivity index is 2.72. The van der Waals surface area contributed by atoms with Gasteiger partial charge in [-0.05, 0) is 59.6 Å². The van der Waals surface area contributed by atoms with Gasteiger partial charge < -0.3 is 5.41 Å². The molecule has 0 saturated heterocycles. The van der Waals surface area contributed by atoms with Crippen LogP contribution in [0.2, 0.25) is 0 Å². The lowest BCUT2D eigenvalue weighted by Gasteiger charge is -2.33. The normalized spacial score (nSPS) is 16.1. The highest BCUT2D eigenvalue weighted by molar-refractivity contribution is 9.18. The second-order valence-electron chi connectivity index (χ2n) is 5.10. The Bertz CT molecular complexity index is 510. The monoisotopic (exact) mass is 384 g/mol. The van der Waals surface area contributed by atoms with Crippen molar-refractivity contribution in [2.75, 3.05) is 6.26 Å². The highest BCUT2D eigenvalue weighted by Crippen LogP contribution is 2.77. The quantitative estimate of drug-likeness (QED) is 0.456. The molecular weight excluding hydrogens is 365 g/mol. The third-order valence-electron chi connectivity index (χ3n) is 3.00. The van der Waals surface area contributed by atoms with Crippen LogP contribution in [0.5, 0.6) is 0 Å². The van der Waals surface area contributed by atoms with Crippen LogP contribution in [0.1, 0.15) is 25.3 Å². The maximum Gasteiger partial charge on any atom is 0.0746 e. The topological polar surface area (TPSA) is 36.2 Å². The number of aliphatic imine (C=N–C) groups is 1. The van der Waals surface area contributed by atoms with Gasteiger partial charge >= 0.3 is 0 Å². The van der Waals surface area contributed by atoms with Gasteiger partial charge in [0.2, 0.25) is 0 Å². The summed E-state index contributed by atoms with van der Waals surface area (Å²) in [5.41, 5.74) is 0.858. The maximum atomic E-state index is 13.2. The van der Waals surface area contributed by atoms with Gasteiger partial charge in [-0.3, -0.25) is 4.99 Å². The van der Waals surface area contributed by atoms with Crippen molar-refractivity contribution >= 4 is 37.1 Å². The van der Waals surface area contributed by atoms with Crippen molar-refractivity contribution in [3.8, 4) is 0 Å². The van der Waals surface area contributed by atoms with Crippen LogP contribution in [0.4, 0.5) is 11.7 Å². The van der Waals surface area contributed by atoms with Crippen LogP contribution in [0.15, 0.2) is 34.2 Å². The first kappa shape index (κ1) is 18.2. The van der Waals surface area contributed by atoms with Crippen molar-refractivity contribution in [3.63, 3.8) is 0 Å². The SMILES string of the molecule is C/C(Br)=N\C(CC=N)CCc1ccc([SH](C)(F)(F)F)cc1. The van der Waals surface area contributed by atoms with Crippen molar-refractivity contribution < 1.29 is 11.7 Å². The molecule has 1 atom stereocenters. The molecule has 1 N–H and O–H groups in total. The zero-order valence-electron chi connectivity index (χ0n) is 12.0. The molecule has 21 heavy (non-hydrogen) atoms. The second kappa shape index (κ2) is 6.96. The van der Waals surface area contributed by atoms with Crippen LogP contribution in [0, 0.1) is 5.41 Å². The minimum absolute atomic E-state index is 0.0181. The van der Waals surface area contributed by atoms with Gasteiger partial charge in [-0.2, -0.15) is 11.7 Å². The summed E-state index contributed by atoms with van der Waals surface area (Å²) in [4.78, 5) is 3.84. The predicted molar refractivity (Wildman–Crippen MR) is 90.5 cm³/mol. The van der Waals surface area contributed by atoms with Gasteiger partial charge in [0, 0.05) is 17.6 Å². The second-order valence-corrected chi connectivity index (χ2v) is 9.12. The molecule has 0 amide bonds. The first-order valence-electron chi connectivity index (χ1n) is 6.54. The molecule has 0 spiro atoms. The van der Waals surface area contributed by atoms with Crippen molar-refractivity contribution in [2.24, 2.45) is 4.99 Å². The van der Waals surface area contributed by atoms with E-state index in [1.165, 1.54) is 18.3 Å². The number of thiol groups is 1. The molecule has 0 saturated carbocycles. The number of rotatable bonds is 7. The molecule has 2 nitrogen and oxygen atoms in total. The van der Waals surface area contributed by atoms with Crippen molar-refractivity contribution in [1.29, 1.82) is 5.41 Å². The summed E-state index contributed by atoms with van der Waals surface area (Å²) in [5, 5.41) is 7.15. The van der Waals surface area contributed by atoms with E-state index >= 15 is 0 Å². The van der Waals surface area contributed by atoms with Crippen LogP contribution in [-0.4, -0.2) is 23.1 Å². The molecule has 1 aromatic rings. The smallest absolute Gasteiger partial charge is 0.0746 e. The van der Waals surface area contributed by atoms with E-state index < -0.39 is 15.2 Å². The summed E-state index contributed by atoms with van der Waals surface area (Å²) in [6.45, 7) is 1.82. The zero-order chi connectivity index (χ0) is 16.1. The molecule has 0 aliphatic carbocycles. The third kappa shape index (κ3) is 6.65. The Hall–Kier alpha value is -0.820. The van der Waals surface area contributed by atoms with Gasteiger partial charge in [0.15, 0.2) is 0 Å². The Morgan fingerprint density at radius 1 is 1.33 bits per heavy atom. The van der Waals surface area contributed by atoms with Crippen LogP contribution in [0.3, 0.4) is 0 Å². The summed E-state index contributed by atoms with van der Waals surface area (Å²) >= 11 is 3.26. The molecule has 0 bridgehead atoms. The van der Waals surface area contributed by atoms with Crippen LogP contribution >= 0.6 is 26.2 Å². The summed E-state index contributed by atoms with van der Waals surface area (Å²) in [6.07, 6.45) is 3.57. The highest BCUT2D eigenvalue weighted by Gasteiger charge is 2.34. The van der Waals surface area contributed by atoms with E-state index in [-0.39, 0.29) is 6.04 Å². The molecular formula is C14H20BrF3N2S. The summed E-state index contributed by atoms with van der Waals surface area (Å²) < 4.78 is 40.5. The lowest BCUT2D eigenvalue weighted by atomic mass is 10.0. The molecule has 1 aromatic carbocycles. The molecule has 0 heterocycles. The van der Waals surface area contributed by atoms with Gasteiger partial charge in [-0.25, -0.2) is 0 Å². The van der Waals surface area contributed by atoms with Gasteiger partial charge in [0.25, 0.3) is 0 Å². The van der Waals surface area contributed by atoms with Crippen LogP contribution < -0.4 is 0 Å². The van der Waals surface area contributed by atoms with E-state index in [1.54, 1.807) is 0 Å². The number of benzene rings is 1. The van der Waals surface area contributed by atoms with Gasteiger partial charge in [-0.15, -0.1) is 0 Å². The minimum atomic E-state index is -6.16. The predicted octanol–water partition coefficient (Wildman–Crippen LogP) is 5.56. The van der Waals surface area contributed by atoms with Gasteiger partial charge in [0.1, 0.15) is 0 Å². The third-order valence-corrected chi connectivity index (χ3v) is 4.61. The number of nitrogens with zero attached hydrogens (tertiary/aromatic N) is 1. The van der Waals surface area contributed by atoms with E-state index in [9.17, 15) is 11.7 Å². The molecule has 7 heteroatoms. The summed E-state index contributed by atoms with van der Waals surface area (Å²) in [6, 6.07) is 5.38. The number of halogens is 4. The van der Waals surface area contributed by atoms with Crippen molar-refractivity contribution in [2.45, 2.75) is 37.1 Å². The lowest BCUT2D eigenvalue weighted by molar-refractivity contribution is 0.600. The molecule has 0 aromatic heterocycles. The Morgan fingerprint density at radius 3 is 2.33 bits per heavy atom. The molecule has 1 unspecified atom stereocenters. The summed E-state index contributed by atoms with van der Waals surface area (Å²) in [7, 11) is -6.16. The first-order chi connectivity index (χ1) is 9.58. The Labute approximate surface area is 132 Å². The van der Waals surface area contributed by atoms with Crippen molar-refractivity contribution in [1.82, 2.24) is 0 Å². The average molecular weight is 385 g/mol. The minimum Gasteiger partial charge on any atom is -0.313 e. The van der Waals surface area contributed by atoms with E-state index in [0.29, 0.717) is 25.5 Å². The molecule has 0 aliphatic rings. The molecule has 1 rings (SSSR count). The first-order valence-corrected chi connectivity index (χ1v) is 9.69. The van der Waals surface area contributed by atoms with Crippen molar-refractivity contribution in [3.05, 3.63) is 29.8 Å². The van der Waals surface area contributed by atoms with E-state index in [2.05, 4.69) is 20.9 Å². The number of hydrogen-bond donors (Lipinski definition) is 2. The molecule has 120 valence electrons. The number of aryl methyl sites for hydroxylation is 1. The molecule has 0 radical (unpaired) electrons. The van der Waals surface area contributed by atoms with Crippen LogP contribution in [-0.2, 0) is 6.42 Å². The summed E-state index contributed by atoms with van der Waals surface area (Å²) in [5.74, 6) is 0. The van der Waals surface area contributed by atoms with Gasteiger partial charge in [0.05, 0.1) is 21.0 Å². The maximum absolute atomic E-state index is 13.2. The van der Waals surface area contributed by atoms with Crippen LogP contribution in [0.25, 0.3) is 0 Å². The van der Waals surface area contributed by atoms with E-state index in [0.717, 1.165) is 22.3 Å². The molecule has 0 aliphatic heterocycles. The number of hydrogen-bond acceptors (Lipinski definition) is 2. The standard InChI is InChI=1S/C14H20BrF3N2S/c1-11(15)20-13(9-10-19)6-3-12-4-7-14(8-5-12)21(2,16,17)18/h4-5,7-8,10,13,19,21H,3,6,9H2,1-2H3/b19-10?,20-11+. The fourth-order valence-corrected chi connectivity index (χ4v) is 3.01. The molecule has 0 fully saturated rings.